The first-order valence-electron chi connectivity index (χ1n) is 19.7. The average molecular weight is 744 g/mol. The molecule has 0 spiro atoms. The second kappa shape index (κ2) is 13.5. The number of benzene rings is 9. The summed E-state index contributed by atoms with van der Waals surface area (Å²) in [6.45, 7) is 6.28. The Bertz CT molecular complexity index is 3420. The van der Waals surface area contributed by atoms with Gasteiger partial charge in [-0.15, -0.1) is 0 Å². The molecular weight excluding hydrogens is 707 g/mol. The number of furan rings is 2. The largest absolute Gasteiger partial charge is 0.455 e. The number of anilines is 3. The first-order chi connectivity index (χ1) is 28.7. The zero-order valence-electron chi connectivity index (χ0n) is 31.9. The third-order valence-electron chi connectivity index (χ3n) is 11.6. The van der Waals surface area contributed by atoms with Gasteiger partial charge in [0.25, 0.3) is 0 Å². The number of nitrogens with zero attached hydrogens (tertiary/aromatic N) is 1. The molecule has 0 saturated carbocycles. The molecule has 0 radical (unpaired) electrons. The fraction of sp³-hybridized carbons (Fsp3) is 0.0182. The fourth-order valence-corrected chi connectivity index (χ4v) is 8.91. The lowest BCUT2D eigenvalue weighted by Gasteiger charge is -2.26. The van der Waals surface area contributed by atoms with Crippen LogP contribution in [0.5, 0.6) is 0 Å². The third kappa shape index (κ3) is 5.28. The standard InChI is InChI=1S/C55H37NO2/c1-3-13-45-41(4-2)42-16-7-6-15-38(42)34-49(45)37-26-31-40(32-27-37)56(50-21-11-20-47-46-18-9-10-22-51(46)57-55(47)50)39-29-24-36(25-30-39)43-19-12-23-52-53(43)48-33-28-35-14-5-8-17-44(35)54(48)58-52/h3-34H,2H2,1H3/b13-3-. The SMILES string of the molecule is C=Cc1c(/C=C\C)c(-c2ccc(N(c3ccc(-c4cccc5oc6c7ccccc7ccc6c45)cc3)c3cccc4c3oc3ccccc34)cc2)cc2ccccc12. The van der Waals surface area contributed by atoms with Crippen molar-refractivity contribution in [3.8, 4) is 22.3 Å². The Labute approximate surface area is 336 Å². The number of rotatable bonds is 7. The van der Waals surface area contributed by atoms with E-state index in [2.05, 4.69) is 194 Å². The van der Waals surface area contributed by atoms with E-state index in [1.165, 1.54) is 21.7 Å². The summed E-state index contributed by atoms with van der Waals surface area (Å²) in [5, 5.41) is 9.12. The summed E-state index contributed by atoms with van der Waals surface area (Å²) in [4.78, 5) is 2.31. The van der Waals surface area contributed by atoms with E-state index in [4.69, 9.17) is 8.83 Å². The minimum atomic E-state index is 0.847. The van der Waals surface area contributed by atoms with E-state index in [0.29, 0.717) is 0 Å². The smallest absolute Gasteiger partial charge is 0.159 e. The predicted octanol–water partition coefficient (Wildman–Crippen LogP) is 16.3. The summed E-state index contributed by atoms with van der Waals surface area (Å²) in [7, 11) is 0. The highest BCUT2D eigenvalue weighted by molar-refractivity contribution is 6.19. The van der Waals surface area contributed by atoms with Gasteiger partial charge in [-0.05, 0) is 111 Å². The molecule has 0 saturated heterocycles. The lowest BCUT2D eigenvalue weighted by molar-refractivity contribution is 0.669. The monoisotopic (exact) mass is 743 g/mol. The van der Waals surface area contributed by atoms with Gasteiger partial charge in [-0.2, -0.15) is 0 Å². The van der Waals surface area contributed by atoms with Gasteiger partial charge in [-0.3, -0.25) is 0 Å². The van der Waals surface area contributed by atoms with E-state index in [0.717, 1.165) is 94.1 Å². The van der Waals surface area contributed by atoms with Gasteiger partial charge in [0.2, 0.25) is 0 Å². The molecule has 2 heterocycles. The van der Waals surface area contributed by atoms with Crippen molar-refractivity contribution in [2.24, 2.45) is 0 Å². The molecule has 9 aromatic carbocycles. The maximum atomic E-state index is 6.64. The van der Waals surface area contributed by atoms with Crippen molar-refractivity contribution in [3.05, 3.63) is 200 Å². The van der Waals surface area contributed by atoms with Crippen molar-refractivity contribution in [3.63, 3.8) is 0 Å². The minimum absolute atomic E-state index is 0.847. The number of allylic oxidation sites excluding steroid dienone is 1. The molecule has 0 unspecified atom stereocenters. The number of para-hydroxylation sites is 2. The van der Waals surface area contributed by atoms with Gasteiger partial charge >= 0.3 is 0 Å². The molecule has 11 aromatic rings. The van der Waals surface area contributed by atoms with E-state index >= 15 is 0 Å². The second-order valence-electron chi connectivity index (χ2n) is 14.8. The maximum Gasteiger partial charge on any atom is 0.159 e. The molecule has 0 atom stereocenters. The Morgan fingerprint density at radius 1 is 0.466 bits per heavy atom. The van der Waals surface area contributed by atoms with Crippen LogP contribution in [0.25, 0.3) is 99.8 Å². The highest BCUT2D eigenvalue weighted by Gasteiger charge is 2.21. The van der Waals surface area contributed by atoms with Crippen LogP contribution in [0.1, 0.15) is 18.1 Å². The lowest BCUT2D eigenvalue weighted by Crippen LogP contribution is -2.10. The quantitative estimate of drug-likeness (QED) is 0.163. The van der Waals surface area contributed by atoms with Crippen LogP contribution < -0.4 is 4.90 Å². The van der Waals surface area contributed by atoms with Crippen molar-refractivity contribution in [1.29, 1.82) is 0 Å². The molecule has 0 N–H and O–H groups in total. The molecule has 0 aliphatic heterocycles. The van der Waals surface area contributed by atoms with Gasteiger partial charge in [0.15, 0.2) is 5.58 Å². The molecule has 0 aliphatic rings. The Morgan fingerprint density at radius 3 is 1.84 bits per heavy atom. The summed E-state index contributed by atoms with van der Waals surface area (Å²) < 4.78 is 13.2. The fourth-order valence-electron chi connectivity index (χ4n) is 8.91. The molecule has 0 aliphatic carbocycles. The van der Waals surface area contributed by atoms with E-state index in [1.54, 1.807) is 0 Å². The zero-order valence-corrected chi connectivity index (χ0v) is 31.9. The van der Waals surface area contributed by atoms with Crippen LogP contribution in [0, 0.1) is 0 Å². The van der Waals surface area contributed by atoms with E-state index < -0.39 is 0 Å². The van der Waals surface area contributed by atoms with Gasteiger partial charge in [-0.1, -0.05) is 146 Å². The topological polar surface area (TPSA) is 29.5 Å². The Kier molecular flexibility index (Phi) is 7.87. The average Bonchev–Trinajstić information content (AvgIpc) is 3.87. The van der Waals surface area contributed by atoms with Gasteiger partial charge in [0, 0.05) is 38.3 Å². The number of hydrogen-bond donors (Lipinski definition) is 0. The predicted molar refractivity (Wildman–Crippen MR) is 246 cm³/mol. The Balaban J connectivity index is 1.07. The molecule has 0 fully saturated rings. The van der Waals surface area contributed by atoms with Crippen LogP contribution in [0.15, 0.2) is 197 Å². The van der Waals surface area contributed by atoms with Crippen molar-refractivity contribution in [1.82, 2.24) is 0 Å². The second-order valence-corrected chi connectivity index (χ2v) is 14.8. The maximum absolute atomic E-state index is 6.64. The lowest BCUT2D eigenvalue weighted by atomic mass is 9.90. The number of hydrogen-bond acceptors (Lipinski definition) is 3. The normalized spacial score (nSPS) is 11.9. The van der Waals surface area contributed by atoms with Crippen molar-refractivity contribution in [2.75, 3.05) is 4.90 Å². The summed E-state index contributed by atoms with van der Waals surface area (Å²) in [5.41, 5.74) is 13.4. The number of fused-ring (bicyclic) bond motifs is 9. The minimum Gasteiger partial charge on any atom is -0.455 e. The molecule has 0 amide bonds. The van der Waals surface area contributed by atoms with Crippen LogP contribution in [-0.2, 0) is 0 Å². The highest BCUT2D eigenvalue weighted by atomic mass is 16.3. The Morgan fingerprint density at radius 2 is 1.09 bits per heavy atom. The Hall–Kier alpha value is -7.62. The van der Waals surface area contributed by atoms with Crippen LogP contribution >= 0.6 is 0 Å². The van der Waals surface area contributed by atoms with Crippen LogP contribution in [0.4, 0.5) is 17.1 Å². The van der Waals surface area contributed by atoms with Crippen molar-refractivity contribution < 1.29 is 8.83 Å². The van der Waals surface area contributed by atoms with E-state index in [-0.39, 0.29) is 0 Å². The van der Waals surface area contributed by atoms with Crippen LogP contribution in [0.3, 0.4) is 0 Å². The molecule has 3 heteroatoms. The molecule has 3 nitrogen and oxygen atoms in total. The van der Waals surface area contributed by atoms with Gasteiger partial charge in [0.1, 0.15) is 16.7 Å². The molecule has 274 valence electrons. The molecule has 58 heavy (non-hydrogen) atoms. The first-order valence-corrected chi connectivity index (χ1v) is 19.7. The summed E-state index contributed by atoms with van der Waals surface area (Å²) in [6, 6.07) is 62.4. The molecule has 0 bridgehead atoms. The first kappa shape index (κ1) is 33.7. The zero-order chi connectivity index (χ0) is 38.7. The highest BCUT2D eigenvalue weighted by Crippen LogP contribution is 2.45. The van der Waals surface area contributed by atoms with Crippen LogP contribution in [0.2, 0.25) is 0 Å². The summed E-state index contributed by atoms with van der Waals surface area (Å²) >= 11 is 0. The van der Waals surface area contributed by atoms with Gasteiger partial charge in [0.05, 0.1) is 5.69 Å². The van der Waals surface area contributed by atoms with E-state index in [1.807, 2.05) is 18.2 Å². The third-order valence-corrected chi connectivity index (χ3v) is 11.6. The van der Waals surface area contributed by atoms with Gasteiger partial charge in [-0.25, -0.2) is 0 Å². The van der Waals surface area contributed by atoms with Crippen molar-refractivity contribution >= 4 is 94.6 Å². The molecule has 2 aromatic heterocycles. The molecule has 11 rings (SSSR count). The van der Waals surface area contributed by atoms with Crippen LogP contribution in [-0.4, -0.2) is 0 Å². The van der Waals surface area contributed by atoms with Crippen molar-refractivity contribution in [2.45, 2.75) is 6.92 Å². The molecular formula is C55H37NO2. The summed E-state index contributed by atoms with van der Waals surface area (Å²) in [5.74, 6) is 0. The van der Waals surface area contributed by atoms with E-state index in [9.17, 15) is 0 Å². The summed E-state index contributed by atoms with van der Waals surface area (Å²) in [6.07, 6.45) is 6.27. The van der Waals surface area contributed by atoms with Gasteiger partial charge < -0.3 is 13.7 Å².